The summed E-state index contributed by atoms with van der Waals surface area (Å²) in [5, 5.41) is 16.4. The highest BCUT2D eigenvalue weighted by Crippen LogP contribution is 2.38. The van der Waals surface area contributed by atoms with Crippen LogP contribution >= 0.6 is 0 Å². The van der Waals surface area contributed by atoms with Gasteiger partial charge in [-0.25, -0.2) is 4.98 Å². The zero-order chi connectivity index (χ0) is 28.8. The number of alkyl halides is 6. The number of amides is 1. The van der Waals surface area contributed by atoms with Crippen LogP contribution in [0.15, 0.2) is 79.1 Å². The second kappa shape index (κ2) is 9.83. The summed E-state index contributed by atoms with van der Waals surface area (Å²) in [6, 6.07) is 14.8. The van der Waals surface area contributed by atoms with Crippen LogP contribution in [-0.2, 0) is 13.2 Å². The number of aliphatic hydroxyl groups is 1. The fourth-order valence-corrected chi connectivity index (χ4v) is 4.22. The highest BCUT2D eigenvalue weighted by molar-refractivity contribution is 6.06. The number of rotatable bonds is 5. The summed E-state index contributed by atoms with van der Waals surface area (Å²) in [6.07, 6.45) is -9.68. The standard InChI is InChI=1S/C27H19F6N5O2/c1-37-11-10-20(36-37)18-13-17(7-8-19(18)26(28,29)30)25(40)35-24-22(15-5-3-2-4-6-15)34-21-14-16(9-12-38(21)24)23(39)27(31,32)33/h2-14,23,39H,1H3,(H,35,40). The fourth-order valence-electron chi connectivity index (χ4n) is 4.22. The lowest BCUT2D eigenvalue weighted by atomic mass is 10.0. The van der Waals surface area contributed by atoms with Crippen molar-refractivity contribution in [2.75, 3.05) is 5.32 Å². The Kier molecular flexibility index (Phi) is 6.62. The molecule has 40 heavy (non-hydrogen) atoms. The van der Waals surface area contributed by atoms with E-state index in [9.17, 15) is 36.2 Å². The molecule has 0 fully saturated rings. The molecule has 2 aromatic carbocycles. The molecule has 2 N–H and O–H groups in total. The highest BCUT2D eigenvalue weighted by Gasteiger charge is 2.39. The van der Waals surface area contributed by atoms with Crippen molar-refractivity contribution in [3.05, 3.63) is 95.8 Å². The van der Waals surface area contributed by atoms with Gasteiger partial charge in [0.2, 0.25) is 0 Å². The fraction of sp³-hybridized carbons (Fsp3) is 0.148. The summed E-state index contributed by atoms with van der Waals surface area (Å²) >= 11 is 0. The molecule has 5 aromatic rings. The maximum Gasteiger partial charge on any atom is 0.418 e. The van der Waals surface area contributed by atoms with E-state index in [1.54, 1.807) is 37.4 Å². The Morgan fingerprint density at radius 2 is 1.68 bits per heavy atom. The topological polar surface area (TPSA) is 84.5 Å². The van der Waals surface area contributed by atoms with Crippen LogP contribution in [0.1, 0.15) is 27.6 Å². The number of halogens is 6. The van der Waals surface area contributed by atoms with Crippen LogP contribution in [-0.4, -0.2) is 36.4 Å². The molecular weight excluding hydrogens is 540 g/mol. The van der Waals surface area contributed by atoms with Crippen LogP contribution in [0.2, 0.25) is 0 Å². The first-order valence-corrected chi connectivity index (χ1v) is 11.7. The zero-order valence-electron chi connectivity index (χ0n) is 20.5. The molecular formula is C27H19F6N5O2. The van der Waals surface area contributed by atoms with Crippen molar-refractivity contribution >= 4 is 17.4 Å². The van der Waals surface area contributed by atoms with Crippen molar-refractivity contribution in [3.8, 4) is 22.5 Å². The van der Waals surface area contributed by atoms with Crippen LogP contribution < -0.4 is 5.32 Å². The van der Waals surface area contributed by atoms with Gasteiger partial charge in [-0.1, -0.05) is 30.3 Å². The normalized spacial score (nSPS) is 13.0. The van der Waals surface area contributed by atoms with Crippen LogP contribution in [0.3, 0.4) is 0 Å². The summed E-state index contributed by atoms with van der Waals surface area (Å²) in [5.74, 6) is -0.720. The largest absolute Gasteiger partial charge is 0.418 e. The van der Waals surface area contributed by atoms with E-state index in [2.05, 4.69) is 15.4 Å². The molecule has 7 nitrogen and oxygen atoms in total. The van der Waals surface area contributed by atoms with Gasteiger partial charge in [-0.2, -0.15) is 31.4 Å². The van der Waals surface area contributed by atoms with Gasteiger partial charge in [0.05, 0.1) is 11.3 Å². The second-order valence-corrected chi connectivity index (χ2v) is 8.89. The SMILES string of the molecule is Cn1ccc(-c2cc(C(=O)Nc3c(-c4ccccc4)nc4cc(C(O)C(F)(F)F)ccn34)ccc2C(F)(F)F)n1. The lowest BCUT2D eigenvalue weighted by Crippen LogP contribution is -2.20. The Morgan fingerprint density at radius 1 is 0.950 bits per heavy atom. The van der Waals surface area contributed by atoms with Gasteiger partial charge in [0, 0.05) is 36.1 Å². The molecule has 1 atom stereocenters. The van der Waals surface area contributed by atoms with Crippen molar-refractivity contribution in [1.29, 1.82) is 0 Å². The van der Waals surface area contributed by atoms with E-state index in [1.807, 2.05) is 0 Å². The smallest absolute Gasteiger partial charge is 0.379 e. The molecule has 1 amide bonds. The third-order valence-electron chi connectivity index (χ3n) is 6.13. The number of aromatic nitrogens is 4. The van der Waals surface area contributed by atoms with Crippen molar-refractivity contribution in [1.82, 2.24) is 19.2 Å². The predicted octanol–water partition coefficient (Wildman–Crippen LogP) is 6.27. The molecule has 13 heteroatoms. The highest BCUT2D eigenvalue weighted by atomic mass is 19.4. The lowest BCUT2D eigenvalue weighted by Gasteiger charge is -2.15. The molecule has 5 rings (SSSR count). The number of benzene rings is 2. The van der Waals surface area contributed by atoms with Crippen LogP contribution in [0.4, 0.5) is 32.2 Å². The van der Waals surface area contributed by atoms with E-state index in [-0.39, 0.29) is 34.0 Å². The van der Waals surface area contributed by atoms with Crippen molar-refractivity contribution in [3.63, 3.8) is 0 Å². The molecule has 0 aliphatic carbocycles. The van der Waals surface area contributed by atoms with Crippen molar-refractivity contribution < 1.29 is 36.2 Å². The van der Waals surface area contributed by atoms with E-state index in [1.165, 1.54) is 27.5 Å². The van der Waals surface area contributed by atoms with E-state index in [4.69, 9.17) is 0 Å². The van der Waals surface area contributed by atoms with E-state index in [0.717, 1.165) is 30.3 Å². The maximum atomic E-state index is 13.7. The lowest BCUT2D eigenvalue weighted by molar-refractivity contribution is -0.206. The number of nitrogens with zero attached hydrogens (tertiary/aromatic N) is 4. The Hall–Kier alpha value is -4.65. The number of pyridine rings is 1. The van der Waals surface area contributed by atoms with Gasteiger partial charge < -0.3 is 10.4 Å². The second-order valence-electron chi connectivity index (χ2n) is 8.89. The first-order chi connectivity index (χ1) is 18.8. The summed E-state index contributed by atoms with van der Waals surface area (Å²) < 4.78 is 83.1. The molecule has 3 heterocycles. The number of carbonyl (C=O) groups excluding carboxylic acids is 1. The van der Waals surface area contributed by atoms with Gasteiger partial charge >= 0.3 is 12.4 Å². The Balaban J connectivity index is 1.59. The first kappa shape index (κ1) is 26.9. The quantitative estimate of drug-likeness (QED) is 0.249. The average molecular weight is 559 g/mol. The number of nitrogens with one attached hydrogen (secondary N) is 1. The van der Waals surface area contributed by atoms with Crippen LogP contribution in [0.25, 0.3) is 28.2 Å². The molecule has 206 valence electrons. The monoisotopic (exact) mass is 559 g/mol. The summed E-state index contributed by atoms with van der Waals surface area (Å²) in [6.45, 7) is 0. The number of fused-ring (bicyclic) bond motifs is 1. The van der Waals surface area contributed by atoms with E-state index >= 15 is 0 Å². The third kappa shape index (κ3) is 5.15. The van der Waals surface area contributed by atoms with Gasteiger partial charge in [-0.3, -0.25) is 13.9 Å². The number of hydrogen-bond acceptors (Lipinski definition) is 4. The van der Waals surface area contributed by atoms with Crippen LogP contribution in [0.5, 0.6) is 0 Å². The Bertz CT molecular complexity index is 1710. The molecule has 0 radical (unpaired) electrons. The number of carbonyl (C=O) groups is 1. The molecule has 0 spiro atoms. The van der Waals surface area contributed by atoms with E-state index in [0.29, 0.717) is 5.56 Å². The molecule has 0 bridgehead atoms. The number of anilines is 1. The first-order valence-electron chi connectivity index (χ1n) is 11.7. The minimum absolute atomic E-state index is 0.00320. The third-order valence-corrected chi connectivity index (χ3v) is 6.13. The minimum atomic E-state index is -4.90. The van der Waals surface area contributed by atoms with Gasteiger partial charge in [0.25, 0.3) is 5.91 Å². The average Bonchev–Trinajstić information content (AvgIpc) is 3.50. The van der Waals surface area contributed by atoms with E-state index < -0.39 is 35.5 Å². The minimum Gasteiger partial charge on any atom is -0.379 e. The van der Waals surface area contributed by atoms with Gasteiger partial charge in [-0.15, -0.1) is 0 Å². The number of aliphatic hydroxyl groups excluding tert-OH is 1. The maximum absolute atomic E-state index is 13.7. The molecule has 0 aliphatic heterocycles. The number of hydrogen-bond donors (Lipinski definition) is 2. The van der Waals surface area contributed by atoms with Gasteiger partial charge in [0.1, 0.15) is 17.2 Å². The Morgan fingerprint density at radius 3 is 2.30 bits per heavy atom. The van der Waals surface area contributed by atoms with Gasteiger partial charge in [0.15, 0.2) is 6.10 Å². The van der Waals surface area contributed by atoms with Crippen molar-refractivity contribution in [2.45, 2.75) is 18.5 Å². The predicted molar refractivity (Wildman–Crippen MR) is 133 cm³/mol. The molecule has 0 saturated carbocycles. The summed E-state index contributed by atoms with van der Waals surface area (Å²) in [4.78, 5) is 17.7. The zero-order valence-corrected chi connectivity index (χ0v) is 20.5. The number of imidazole rings is 1. The van der Waals surface area contributed by atoms with Gasteiger partial charge in [-0.05, 0) is 42.0 Å². The molecule has 3 aromatic heterocycles. The summed E-state index contributed by atoms with van der Waals surface area (Å²) in [7, 11) is 1.54. The number of aryl methyl sites for hydroxylation is 1. The Labute approximate surface area is 222 Å². The van der Waals surface area contributed by atoms with Crippen molar-refractivity contribution in [2.24, 2.45) is 7.05 Å². The molecule has 1 unspecified atom stereocenters. The molecule has 0 aliphatic rings. The molecule has 0 saturated heterocycles. The van der Waals surface area contributed by atoms with Crippen LogP contribution in [0, 0.1) is 0 Å². The summed E-state index contributed by atoms with van der Waals surface area (Å²) in [5.41, 5.74) is -1.12.